The van der Waals surface area contributed by atoms with E-state index in [0.717, 1.165) is 35.7 Å². The molecule has 98 valence electrons. The predicted octanol–water partition coefficient (Wildman–Crippen LogP) is 1.33. The predicted molar refractivity (Wildman–Crippen MR) is 74.7 cm³/mol. The molecular weight excluding hydrogens is 262 g/mol. The third-order valence-corrected chi connectivity index (χ3v) is 3.81. The van der Waals surface area contributed by atoms with E-state index in [1.807, 2.05) is 18.2 Å². The second-order valence-electron chi connectivity index (χ2n) is 4.40. The van der Waals surface area contributed by atoms with Gasteiger partial charge in [0.2, 0.25) is 0 Å². The minimum absolute atomic E-state index is 0.106. The zero-order chi connectivity index (χ0) is 13.2. The summed E-state index contributed by atoms with van der Waals surface area (Å²) in [6.07, 6.45) is 1.01. The van der Waals surface area contributed by atoms with Crippen molar-refractivity contribution in [1.29, 1.82) is 0 Å². The average Bonchev–Trinajstić information content (AvgIpc) is 3.03. The Kier molecular flexibility index (Phi) is 3.08. The van der Waals surface area contributed by atoms with Crippen LogP contribution in [-0.2, 0) is 13.0 Å². The highest BCUT2D eigenvalue weighted by Crippen LogP contribution is 2.23. The molecule has 6 heteroatoms. The molecule has 2 heterocycles. The van der Waals surface area contributed by atoms with Crippen molar-refractivity contribution in [3.05, 3.63) is 50.1 Å². The minimum Gasteiger partial charge on any atom is -0.384 e. The molecule has 0 spiro atoms. The van der Waals surface area contributed by atoms with Crippen LogP contribution in [0.15, 0.2) is 28.4 Å². The quantitative estimate of drug-likeness (QED) is 0.791. The lowest BCUT2D eigenvalue weighted by Crippen LogP contribution is -2.23. The molecule has 5 nitrogen and oxygen atoms in total. The van der Waals surface area contributed by atoms with Gasteiger partial charge in [-0.25, -0.2) is 0 Å². The van der Waals surface area contributed by atoms with Crippen molar-refractivity contribution in [3.63, 3.8) is 0 Å². The number of hydrogen-bond donors (Lipinski definition) is 3. The molecule has 19 heavy (non-hydrogen) atoms. The molecule has 2 aromatic rings. The minimum atomic E-state index is -0.136. The fraction of sp³-hybridized carbons (Fsp3) is 0.231. The molecule has 1 amide bonds. The van der Waals surface area contributed by atoms with Gasteiger partial charge in [-0.05, 0) is 24.1 Å². The van der Waals surface area contributed by atoms with Crippen LogP contribution in [0.5, 0.6) is 0 Å². The van der Waals surface area contributed by atoms with Crippen LogP contribution in [0.2, 0.25) is 0 Å². The van der Waals surface area contributed by atoms with Crippen molar-refractivity contribution in [1.82, 2.24) is 10.3 Å². The number of fused-ring (bicyclic) bond motifs is 1. The molecule has 1 aliphatic heterocycles. The van der Waals surface area contributed by atoms with E-state index in [9.17, 15) is 9.59 Å². The van der Waals surface area contributed by atoms with Gasteiger partial charge in [-0.15, -0.1) is 0 Å². The van der Waals surface area contributed by atoms with Gasteiger partial charge in [-0.3, -0.25) is 9.59 Å². The van der Waals surface area contributed by atoms with Gasteiger partial charge in [0.1, 0.15) is 0 Å². The van der Waals surface area contributed by atoms with E-state index in [4.69, 9.17) is 0 Å². The van der Waals surface area contributed by atoms with E-state index in [1.54, 1.807) is 5.38 Å². The highest BCUT2D eigenvalue weighted by atomic mass is 32.1. The zero-order valence-electron chi connectivity index (χ0n) is 10.2. The Hall–Kier alpha value is -2.08. The Morgan fingerprint density at radius 3 is 3.11 bits per heavy atom. The second kappa shape index (κ2) is 4.89. The lowest BCUT2D eigenvalue weighted by atomic mass is 10.1. The maximum Gasteiger partial charge on any atom is 0.304 e. The first-order valence-electron chi connectivity index (χ1n) is 6.04. The SMILES string of the molecule is O=C(NCc1csc(=O)[nH]1)c1ccc2c(c1)NCC2. The number of hydrogen-bond acceptors (Lipinski definition) is 4. The Morgan fingerprint density at radius 2 is 2.32 bits per heavy atom. The Morgan fingerprint density at radius 1 is 1.42 bits per heavy atom. The number of thiazole rings is 1. The molecule has 1 aromatic carbocycles. The number of H-pyrrole nitrogens is 1. The fourth-order valence-electron chi connectivity index (χ4n) is 2.11. The van der Waals surface area contributed by atoms with Crippen LogP contribution in [-0.4, -0.2) is 17.4 Å². The van der Waals surface area contributed by atoms with E-state index in [1.165, 1.54) is 5.56 Å². The van der Waals surface area contributed by atoms with E-state index < -0.39 is 0 Å². The van der Waals surface area contributed by atoms with E-state index >= 15 is 0 Å². The molecule has 0 aliphatic carbocycles. The van der Waals surface area contributed by atoms with Gasteiger partial charge in [0, 0.05) is 28.9 Å². The van der Waals surface area contributed by atoms with E-state index in [0.29, 0.717) is 12.1 Å². The van der Waals surface area contributed by atoms with Crippen molar-refractivity contribution in [3.8, 4) is 0 Å². The lowest BCUT2D eigenvalue weighted by Gasteiger charge is -2.06. The fourth-order valence-corrected chi connectivity index (χ4v) is 2.69. The first-order chi connectivity index (χ1) is 9.22. The van der Waals surface area contributed by atoms with E-state index in [2.05, 4.69) is 15.6 Å². The summed E-state index contributed by atoms with van der Waals surface area (Å²) in [4.78, 5) is 25.5. The maximum atomic E-state index is 12.0. The number of rotatable bonds is 3. The number of aromatic amines is 1. The molecule has 0 unspecified atom stereocenters. The first kappa shape index (κ1) is 12.0. The Balaban J connectivity index is 1.68. The van der Waals surface area contributed by atoms with Crippen molar-refractivity contribution < 1.29 is 4.79 Å². The monoisotopic (exact) mass is 275 g/mol. The maximum absolute atomic E-state index is 12.0. The summed E-state index contributed by atoms with van der Waals surface area (Å²) in [5.74, 6) is -0.136. The topological polar surface area (TPSA) is 74.0 Å². The van der Waals surface area contributed by atoms with Gasteiger partial charge in [-0.2, -0.15) is 0 Å². The van der Waals surface area contributed by atoms with Crippen LogP contribution < -0.4 is 15.5 Å². The van der Waals surface area contributed by atoms with E-state index in [-0.39, 0.29) is 10.8 Å². The Labute approximate surface area is 113 Å². The number of carbonyl (C=O) groups excluding carboxylic acids is 1. The van der Waals surface area contributed by atoms with Gasteiger partial charge in [-0.1, -0.05) is 17.4 Å². The van der Waals surface area contributed by atoms with Crippen LogP contribution >= 0.6 is 11.3 Å². The molecule has 0 fully saturated rings. The van der Waals surface area contributed by atoms with Crippen LogP contribution in [0, 0.1) is 0 Å². The number of nitrogens with one attached hydrogen (secondary N) is 3. The highest BCUT2D eigenvalue weighted by molar-refractivity contribution is 7.07. The number of carbonyl (C=O) groups is 1. The summed E-state index contributed by atoms with van der Waals surface area (Å²) in [5, 5.41) is 7.75. The molecule has 3 rings (SSSR count). The van der Waals surface area contributed by atoms with Gasteiger partial charge < -0.3 is 15.6 Å². The standard InChI is InChI=1S/C13H13N3O2S/c17-12(15-6-10-7-19-13(18)16-10)9-2-1-8-3-4-14-11(8)5-9/h1-2,5,7,14H,3-4,6H2,(H,15,17)(H,16,18). The van der Waals surface area contributed by atoms with Crippen LogP contribution in [0.25, 0.3) is 0 Å². The highest BCUT2D eigenvalue weighted by Gasteiger charge is 2.13. The molecular formula is C13H13N3O2S. The third-order valence-electron chi connectivity index (χ3n) is 3.09. The summed E-state index contributed by atoms with van der Waals surface area (Å²) < 4.78 is 0. The van der Waals surface area contributed by atoms with Gasteiger partial charge >= 0.3 is 4.87 Å². The average molecular weight is 275 g/mol. The molecule has 0 saturated carbocycles. The molecule has 0 saturated heterocycles. The lowest BCUT2D eigenvalue weighted by molar-refractivity contribution is 0.0950. The largest absolute Gasteiger partial charge is 0.384 e. The molecule has 0 bridgehead atoms. The van der Waals surface area contributed by atoms with Crippen molar-refractivity contribution in [2.75, 3.05) is 11.9 Å². The summed E-state index contributed by atoms with van der Waals surface area (Å²) in [7, 11) is 0. The van der Waals surface area contributed by atoms with Crippen LogP contribution in [0.3, 0.4) is 0 Å². The summed E-state index contributed by atoms with van der Waals surface area (Å²) >= 11 is 1.10. The molecule has 0 radical (unpaired) electrons. The summed E-state index contributed by atoms with van der Waals surface area (Å²) in [5.41, 5.74) is 3.64. The number of amides is 1. The smallest absolute Gasteiger partial charge is 0.304 e. The summed E-state index contributed by atoms with van der Waals surface area (Å²) in [6, 6.07) is 5.68. The number of benzene rings is 1. The van der Waals surface area contributed by atoms with Crippen LogP contribution in [0.4, 0.5) is 5.69 Å². The molecule has 1 aromatic heterocycles. The zero-order valence-corrected chi connectivity index (χ0v) is 11.0. The number of aromatic nitrogens is 1. The van der Waals surface area contributed by atoms with Crippen molar-refractivity contribution in [2.24, 2.45) is 0 Å². The Bertz CT molecular complexity index is 675. The van der Waals surface area contributed by atoms with Gasteiger partial charge in [0.15, 0.2) is 0 Å². The van der Waals surface area contributed by atoms with Crippen molar-refractivity contribution >= 4 is 22.9 Å². The third kappa shape index (κ3) is 2.53. The van der Waals surface area contributed by atoms with Gasteiger partial charge in [0.25, 0.3) is 5.91 Å². The molecule has 0 atom stereocenters. The number of anilines is 1. The molecule has 1 aliphatic rings. The second-order valence-corrected chi connectivity index (χ2v) is 5.25. The molecule has 3 N–H and O–H groups in total. The van der Waals surface area contributed by atoms with Crippen molar-refractivity contribution in [2.45, 2.75) is 13.0 Å². The first-order valence-corrected chi connectivity index (χ1v) is 6.92. The van der Waals surface area contributed by atoms with Crippen LogP contribution in [0.1, 0.15) is 21.6 Å². The normalized spacial score (nSPS) is 12.8. The summed E-state index contributed by atoms with van der Waals surface area (Å²) in [6.45, 7) is 1.26. The van der Waals surface area contributed by atoms with Gasteiger partial charge in [0.05, 0.1) is 6.54 Å².